The van der Waals surface area contributed by atoms with Gasteiger partial charge in [-0.2, -0.15) is 0 Å². The maximum Gasteiger partial charge on any atom is 0.306 e. The van der Waals surface area contributed by atoms with Crippen LogP contribution in [0.3, 0.4) is 0 Å². The van der Waals surface area contributed by atoms with Gasteiger partial charge in [0, 0.05) is 6.42 Å². The molecule has 0 saturated heterocycles. The number of allylic oxidation sites excluding steroid dienone is 10. The van der Waals surface area contributed by atoms with Gasteiger partial charge in [0.1, 0.15) is 6.10 Å². The van der Waals surface area contributed by atoms with Crippen LogP contribution in [-0.4, -0.2) is 46.9 Å². The number of aliphatic hydroxyl groups excluding tert-OH is 2. The van der Waals surface area contributed by atoms with E-state index >= 15 is 0 Å². The number of hydrogen-bond acceptors (Lipinski definition) is 5. The van der Waals surface area contributed by atoms with Crippen LogP contribution in [0.25, 0.3) is 0 Å². The van der Waals surface area contributed by atoms with Crippen molar-refractivity contribution in [2.75, 3.05) is 6.61 Å². The molecule has 0 radical (unpaired) electrons. The third kappa shape index (κ3) is 49.8. The Kier molecular flexibility index (Phi) is 52.5. The van der Waals surface area contributed by atoms with E-state index in [1.165, 1.54) is 148 Å². The van der Waals surface area contributed by atoms with Crippen molar-refractivity contribution in [3.8, 4) is 0 Å². The van der Waals surface area contributed by atoms with Crippen LogP contribution in [0.15, 0.2) is 60.8 Å². The molecule has 0 fully saturated rings. The molecule has 3 N–H and O–H groups in total. The summed E-state index contributed by atoms with van der Waals surface area (Å²) in [7, 11) is 0. The number of amides is 1. The lowest BCUT2D eigenvalue weighted by Gasteiger charge is -2.24. The highest BCUT2D eigenvalue weighted by atomic mass is 16.5. The highest BCUT2D eigenvalue weighted by Gasteiger charge is 2.24. The lowest BCUT2D eigenvalue weighted by molar-refractivity contribution is -0.151. The van der Waals surface area contributed by atoms with E-state index in [0.29, 0.717) is 19.3 Å². The van der Waals surface area contributed by atoms with Crippen LogP contribution in [0, 0.1) is 0 Å². The molecule has 3 atom stereocenters. The molecule has 0 heterocycles. The number of rotatable bonds is 52. The maximum absolute atomic E-state index is 13.3. The molecular formula is C61H111NO5. The van der Waals surface area contributed by atoms with Crippen LogP contribution in [0.1, 0.15) is 290 Å². The molecule has 0 aliphatic rings. The fourth-order valence-corrected chi connectivity index (χ4v) is 8.71. The van der Waals surface area contributed by atoms with Gasteiger partial charge in [0.15, 0.2) is 0 Å². The molecule has 0 aromatic carbocycles. The van der Waals surface area contributed by atoms with Gasteiger partial charge in [0.2, 0.25) is 5.91 Å². The zero-order valence-electron chi connectivity index (χ0n) is 44.5. The van der Waals surface area contributed by atoms with E-state index in [0.717, 1.165) is 96.3 Å². The smallest absolute Gasteiger partial charge is 0.306 e. The van der Waals surface area contributed by atoms with Crippen molar-refractivity contribution in [1.29, 1.82) is 0 Å². The lowest BCUT2D eigenvalue weighted by atomic mass is 10.0. The van der Waals surface area contributed by atoms with Crippen molar-refractivity contribution in [2.45, 2.75) is 309 Å². The molecular weight excluding hydrogens is 827 g/mol. The topological polar surface area (TPSA) is 95.9 Å². The van der Waals surface area contributed by atoms with Gasteiger partial charge in [-0.15, -0.1) is 0 Å². The SMILES string of the molecule is CC/C=C/C/C=C/CCCCCCCC(CC(=O)NC(CO)C(O)CCCCCCCCCCCCCCCCCCC)OC(=O)CCCCCCCC/C=C\C/C=C\C/C=C\CCCCC. The van der Waals surface area contributed by atoms with Crippen LogP contribution in [0.5, 0.6) is 0 Å². The Balaban J connectivity index is 4.50. The van der Waals surface area contributed by atoms with Crippen LogP contribution in [0.4, 0.5) is 0 Å². The predicted octanol–water partition coefficient (Wildman–Crippen LogP) is 18.0. The summed E-state index contributed by atoms with van der Waals surface area (Å²) in [4.78, 5) is 26.3. The molecule has 6 nitrogen and oxygen atoms in total. The molecule has 390 valence electrons. The molecule has 0 aromatic rings. The first-order chi connectivity index (χ1) is 33.0. The summed E-state index contributed by atoms with van der Waals surface area (Å²) in [6.07, 6.45) is 68.6. The highest BCUT2D eigenvalue weighted by Crippen LogP contribution is 2.18. The molecule has 3 unspecified atom stereocenters. The normalized spacial score (nSPS) is 13.6. The largest absolute Gasteiger partial charge is 0.462 e. The molecule has 0 bridgehead atoms. The molecule has 0 aliphatic heterocycles. The molecule has 0 rings (SSSR count). The second kappa shape index (κ2) is 54.5. The first-order valence-electron chi connectivity index (χ1n) is 29.0. The van der Waals surface area contributed by atoms with Gasteiger partial charge in [0.05, 0.1) is 25.2 Å². The Bertz CT molecular complexity index is 1190. The number of unbranched alkanes of at least 4 members (excludes halogenated alkanes) is 30. The molecule has 1 amide bonds. The van der Waals surface area contributed by atoms with Crippen LogP contribution >= 0.6 is 0 Å². The van der Waals surface area contributed by atoms with Crippen molar-refractivity contribution >= 4 is 11.9 Å². The molecule has 0 aromatic heterocycles. The second-order valence-corrected chi connectivity index (χ2v) is 19.7. The molecule has 0 aliphatic carbocycles. The highest BCUT2D eigenvalue weighted by molar-refractivity contribution is 5.77. The average Bonchev–Trinajstić information content (AvgIpc) is 3.32. The number of carbonyl (C=O) groups excluding carboxylic acids is 2. The Morgan fingerprint density at radius 3 is 1.25 bits per heavy atom. The summed E-state index contributed by atoms with van der Waals surface area (Å²) < 4.78 is 5.95. The fourth-order valence-electron chi connectivity index (χ4n) is 8.71. The maximum atomic E-state index is 13.3. The van der Waals surface area contributed by atoms with Crippen molar-refractivity contribution in [3.63, 3.8) is 0 Å². The number of carbonyl (C=O) groups is 2. The summed E-state index contributed by atoms with van der Waals surface area (Å²) in [6.45, 7) is 6.37. The zero-order chi connectivity index (χ0) is 48.8. The Hall–Kier alpha value is -2.44. The first-order valence-corrected chi connectivity index (χ1v) is 29.0. The average molecular weight is 939 g/mol. The van der Waals surface area contributed by atoms with Gasteiger partial charge < -0.3 is 20.3 Å². The van der Waals surface area contributed by atoms with Crippen molar-refractivity contribution in [3.05, 3.63) is 60.8 Å². The summed E-state index contributed by atoms with van der Waals surface area (Å²) in [5.74, 6) is -0.496. The molecule has 0 spiro atoms. The van der Waals surface area contributed by atoms with Crippen LogP contribution in [-0.2, 0) is 14.3 Å². The minimum absolute atomic E-state index is 0.0621. The molecule has 67 heavy (non-hydrogen) atoms. The summed E-state index contributed by atoms with van der Waals surface area (Å²) in [5.41, 5.74) is 0. The minimum atomic E-state index is -0.796. The van der Waals surface area contributed by atoms with Gasteiger partial charge in [-0.25, -0.2) is 0 Å². The Morgan fingerprint density at radius 2 is 0.806 bits per heavy atom. The van der Waals surface area contributed by atoms with E-state index in [2.05, 4.69) is 86.8 Å². The first kappa shape index (κ1) is 64.6. The molecule has 0 saturated carbocycles. The monoisotopic (exact) mass is 938 g/mol. The second-order valence-electron chi connectivity index (χ2n) is 19.7. The quantitative estimate of drug-likeness (QED) is 0.0321. The van der Waals surface area contributed by atoms with Crippen molar-refractivity contribution in [1.82, 2.24) is 5.32 Å². The van der Waals surface area contributed by atoms with E-state index in [1.807, 2.05) is 0 Å². The van der Waals surface area contributed by atoms with Gasteiger partial charge in [-0.1, -0.05) is 248 Å². The van der Waals surface area contributed by atoms with Gasteiger partial charge in [-0.3, -0.25) is 9.59 Å². The summed E-state index contributed by atoms with van der Waals surface area (Å²) in [6, 6.07) is -0.711. The van der Waals surface area contributed by atoms with Crippen molar-refractivity contribution < 1.29 is 24.5 Å². The van der Waals surface area contributed by atoms with E-state index < -0.39 is 18.2 Å². The van der Waals surface area contributed by atoms with Crippen LogP contribution in [0.2, 0.25) is 0 Å². The van der Waals surface area contributed by atoms with E-state index in [9.17, 15) is 19.8 Å². The standard InChI is InChI=1S/C61H111NO5/c1-4-7-10-13-16-19-22-25-27-29-30-32-34-36-39-42-45-48-51-54-61(66)67-57(52-49-46-43-40-37-24-21-18-15-12-9-6-3)55-60(65)62-58(56-63)59(64)53-50-47-44-41-38-35-33-31-28-26-23-20-17-14-11-8-5-2/h9,12,16,18-19,21,25,27,30,32,57-59,63-64H,4-8,10-11,13-15,17,20,22-24,26,28-29,31,33-56H2,1-3H3,(H,62,65)/b12-9+,19-16-,21-18+,27-25-,32-30-. The minimum Gasteiger partial charge on any atom is -0.462 e. The van der Waals surface area contributed by atoms with Gasteiger partial charge in [-0.05, 0) is 89.9 Å². The Labute approximate surface area is 416 Å². The number of ether oxygens (including phenoxy) is 1. The van der Waals surface area contributed by atoms with Crippen molar-refractivity contribution in [2.24, 2.45) is 0 Å². The van der Waals surface area contributed by atoms with E-state index in [4.69, 9.17) is 4.74 Å². The van der Waals surface area contributed by atoms with Gasteiger partial charge in [0.25, 0.3) is 0 Å². The third-order valence-corrected chi connectivity index (χ3v) is 13.1. The van der Waals surface area contributed by atoms with E-state index in [1.54, 1.807) is 0 Å². The number of esters is 1. The zero-order valence-corrected chi connectivity index (χ0v) is 44.5. The third-order valence-electron chi connectivity index (χ3n) is 13.1. The summed E-state index contributed by atoms with van der Waals surface area (Å²) >= 11 is 0. The number of nitrogens with one attached hydrogen (secondary N) is 1. The molecule has 6 heteroatoms. The number of aliphatic hydroxyl groups is 2. The fraction of sp³-hybridized carbons (Fsp3) is 0.803. The van der Waals surface area contributed by atoms with Crippen LogP contribution < -0.4 is 5.32 Å². The van der Waals surface area contributed by atoms with Gasteiger partial charge >= 0.3 is 5.97 Å². The Morgan fingerprint density at radius 1 is 0.448 bits per heavy atom. The summed E-state index contributed by atoms with van der Waals surface area (Å²) in [5, 5.41) is 23.9. The predicted molar refractivity (Wildman–Crippen MR) is 292 cm³/mol. The number of hydrogen-bond donors (Lipinski definition) is 3. The lowest BCUT2D eigenvalue weighted by Crippen LogP contribution is -2.46. The van der Waals surface area contributed by atoms with E-state index in [-0.39, 0.29) is 24.9 Å².